The van der Waals surface area contributed by atoms with Gasteiger partial charge in [-0.1, -0.05) is 35.9 Å². The van der Waals surface area contributed by atoms with Crippen LogP contribution in [0.4, 0.5) is 4.39 Å². The number of esters is 1. The third-order valence-corrected chi connectivity index (χ3v) is 5.14. The molecule has 170 valence electrons. The lowest BCUT2D eigenvalue weighted by molar-refractivity contribution is -0.150. The van der Waals surface area contributed by atoms with Gasteiger partial charge in [-0.3, -0.25) is 4.79 Å². The molecule has 0 aromatic heterocycles. The van der Waals surface area contributed by atoms with Crippen molar-refractivity contribution < 1.29 is 18.7 Å². The van der Waals surface area contributed by atoms with Crippen molar-refractivity contribution in [3.05, 3.63) is 58.9 Å². The molecular weight excluding hydrogens is 419 g/mol. The highest BCUT2D eigenvalue weighted by atomic mass is 35.5. The minimum absolute atomic E-state index is 0.236. The van der Waals surface area contributed by atoms with E-state index in [0.717, 1.165) is 17.7 Å². The number of carbonyl (C=O) groups is 1. The van der Waals surface area contributed by atoms with Gasteiger partial charge in [0.25, 0.3) is 0 Å². The predicted molar refractivity (Wildman–Crippen MR) is 123 cm³/mol. The van der Waals surface area contributed by atoms with E-state index >= 15 is 0 Å². The lowest BCUT2D eigenvalue weighted by Crippen LogP contribution is -2.33. The summed E-state index contributed by atoms with van der Waals surface area (Å²) in [7, 11) is 3.93. The maximum absolute atomic E-state index is 14.1. The number of hydrogen-bond donors (Lipinski definition) is 1. The first-order chi connectivity index (χ1) is 14.8. The van der Waals surface area contributed by atoms with Crippen molar-refractivity contribution in [1.82, 2.24) is 4.90 Å². The molecule has 0 aliphatic heterocycles. The third-order valence-electron chi connectivity index (χ3n) is 4.90. The first-order valence-electron chi connectivity index (χ1n) is 10.5. The number of hydrogen-bond acceptors (Lipinski definition) is 5. The van der Waals surface area contributed by atoms with E-state index in [1.807, 2.05) is 43.3 Å². The summed E-state index contributed by atoms with van der Waals surface area (Å²) in [6.07, 6.45) is 1.05. The highest BCUT2D eigenvalue weighted by molar-refractivity contribution is 6.30. The number of carbonyl (C=O) groups excluding carboxylic acids is 1. The molecule has 0 saturated carbocycles. The number of rotatable bonds is 12. The molecule has 0 heterocycles. The zero-order valence-corrected chi connectivity index (χ0v) is 19.2. The largest absolute Gasteiger partial charge is 0.466 e. The molecule has 0 bridgehead atoms. The van der Waals surface area contributed by atoms with Crippen molar-refractivity contribution in [2.45, 2.75) is 25.8 Å². The van der Waals surface area contributed by atoms with Crippen LogP contribution in [-0.4, -0.2) is 57.4 Å². The SMILES string of the molecule is CCOC(=O)[C@H](COCCN(C)C)C[C@H](N)Cc1ccc(-c2cc(Cl)ccc2F)cc1. The summed E-state index contributed by atoms with van der Waals surface area (Å²) in [5.41, 5.74) is 8.55. The van der Waals surface area contributed by atoms with Gasteiger partial charge >= 0.3 is 5.97 Å². The molecule has 0 aliphatic rings. The van der Waals surface area contributed by atoms with Gasteiger partial charge < -0.3 is 20.1 Å². The van der Waals surface area contributed by atoms with Crippen LogP contribution >= 0.6 is 11.6 Å². The Hall–Kier alpha value is -1.99. The van der Waals surface area contributed by atoms with Gasteiger partial charge in [-0.2, -0.15) is 0 Å². The van der Waals surface area contributed by atoms with Crippen LogP contribution in [0, 0.1) is 11.7 Å². The van der Waals surface area contributed by atoms with Gasteiger partial charge in [0.05, 0.1) is 25.7 Å². The fourth-order valence-corrected chi connectivity index (χ4v) is 3.43. The quantitative estimate of drug-likeness (QED) is 0.388. The molecule has 2 atom stereocenters. The van der Waals surface area contributed by atoms with E-state index < -0.39 is 5.92 Å². The van der Waals surface area contributed by atoms with Crippen LogP contribution in [0.15, 0.2) is 42.5 Å². The Morgan fingerprint density at radius 3 is 2.55 bits per heavy atom. The molecular formula is C24H32ClFN2O3. The fraction of sp³-hybridized carbons (Fsp3) is 0.458. The van der Waals surface area contributed by atoms with Crippen molar-refractivity contribution in [2.75, 3.05) is 40.5 Å². The van der Waals surface area contributed by atoms with Crippen molar-refractivity contribution in [3.8, 4) is 11.1 Å². The van der Waals surface area contributed by atoms with Crippen LogP contribution in [0.3, 0.4) is 0 Å². The topological polar surface area (TPSA) is 64.8 Å². The van der Waals surface area contributed by atoms with Gasteiger partial charge in [0, 0.05) is 23.2 Å². The molecule has 0 amide bonds. The van der Waals surface area contributed by atoms with Crippen LogP contribution in [0.5, 0.6) is 0 Å². The Kier molecular flexibility index (Phi) is 10.4. The smallest absolute Gasteiger partial charge is 0.311 e. The van der Waals surface area contributed by atoms with E-state index in [-0.39, 0.29) is 24.4 Å². The lowest BCUT2D eigenvalue weighted by Gasteiger charge is -2.20. The maximum Gasteiger partial charge on any atom is 0.311 e. The summed E-state index contributed by atoms with van der Waals surface area (Å²) in [6, 6.07) is 11.8. The van der Waals surface area contributed by atoms with E-state index in [1.165, 1.54) is 12.1 Å². The van der Waals surface area contributed by atoms with E-state index in [9.17, 15) is 9.18 Å². The van der Waals surface area contributed by atoms with E-state index in [2.05, 4.69) is 0 Å². The summed E-state index contributed by atoms with van der Waals surface area (Å²) in [5, 5.41) is 0.486. The summed E-state index contributed by atoms with van der Waals surface area (Å²) < 4.78 is 24.9. The zero-order chi connectivity index (χ0) is 22.8. The second-order valence-corrected chi connectivity index (χ2v) is 8.28. The van der Waals surface area contributed by atoms with Gasteiger partial charge in [-0.25, -0.2) is 4.39 Å². The molecule has 0 spiro atoms. The Bertz CT molecular complexity index is 830. The van der Waals surface area contributed by atoms with Crippen LogP contribution in [0.1, 0.15) is 18.9 Å². The van der Waals surface area contributed by atoms with Gasteiger partial charge in [0.2, 0.25) is 0 Å². The number of nitrogens with two attached hydrogens (primary N) is 1. The summed E-state index contributed by atoms with van der Waals surface area (Å²) in [6.45, 7) is 3.71. The summed E-state index contributed by atoms with van der Waals surface area (Å²) in [4.78, 5) is 14.3. The van der Waals surface area contributed by atoms with Gasteiger partial charge in [-0.05, 0) is 63.2 Å². The minimum atomic E-state index is -0.406. The minimum Gasteiger partial charge on any atom is -0.466 e. The molecule has 5 nitrogen and oxygen atoms in total. The zero-order valence-electron chi connectivity index (χ0n) is 18.4. The molecule has 7 heteroatoms. The van der Waals surface area contributed by atoms with Gasteiger partial charge in [-0.15, -0.1) is 0 Å². The molecule has 0 aliphatic carbocycles. The standard InChI is InChI=1S/C24H32ClFN2O3/c1-4-31-24(29)19(16-30-12-11-28(2)3)14-21(27)13-17-5-7-18(8-6-17)22-15-20(25)9-10-23(22)26/h5-10,15,19,21H,4,11-14,16,27H2,1-3H3/t19-,21+/m0/s1. The second-order valence-electron chi connectivity index (χ2n) is 7.85. The number of nitrogens with zero attached hydrogens (tertiary/aromatic N) is 1. The van der Waals surface area contributed by atoms with Crippen LogP contribution < -0.4 is 5.73 Å². The van der Waals surface area contributed by atoms with E-state index in [0.29, 0.717) is 36.6 Å². The second kappa shape index (κ2) is 12.8. The average molecular weight is 451 g/mol. The van der Waals surface area contributed by atoms with E-state index in [4.69, 9.17) is 26.8 Å². The number of halogens is 2. The third kappa shape index (κ3) is 8.57. The molecule has 2 aromatic carbocycles. The van der Waals surface area contributed by atoms with Gasteiger partial charge in [0.15, 0.2) is 0 Å². The predicted octanol–water partition coefficient (Wildman–Crippen LogP) is 4.16. The Labute approximate surface area is 189 Å². The van der Waals surface area contributed by atoms with Crippen LogP contribution in [0.2, 0.25) is 5.02 Å². The van der Waals surface area contributed by atoms with Gasteiger partial charge in [0.1, 0.15) is 5.82 Å². The Morgan fingerprint density at radius 1 is 1.19 bits per heavy atom. The highest BCUT2D eigenvalue weighted by Gasteiger charge is 2.23. The molecule has 2 N–H and O–H groups in total. The monoisotopic (exact) mass is 450 g/mol. The van der Waals surface area contributed by atoms with Crippen LogP contribution in [0.25, 0.3) is 11.1 Å². The lowest BCUT2D eigenvalue weighted by atomic mass is 9.95. The number of benzene rings is 2. The fourth-order valence-electron chi connectivity index (χ4n) is 3.26. The Morgan fingerprint density at radius 2 is 1.90 bits per heavy atom. The Balaban J connectivity index is 1.97. The summed E-state index contributed by atoms with van der Waals surface area (Å²) >= 11 is 5.99. The van der Waals surface area contributed by atoms with Crippen molar-refractivity contribution in [3.63, 3.8) is 0 Å². The average Bonchev–Trinajstić information content (AvgIpc) is 2.72. The molecule has 0 saturated heterocycles. The number of ether oxygens (including phenoxy) is 2. The normalized spacial score (nSPS) is 13.3. The van der Waals surface area contributed by atoms with E-state index in [1.54, 1.807) is 13.0 Å². The number of likely N-dealkylation sites (N-methyl/N-ethyl adjacent to an activating group) is 1. The van der Waals surface area contributed by atoms with Crippen LogP contribution in [-0.2, 0) is 20.7 Å². The molecule has 2 aromatic rings. The molecule has 0 fully saturated rings. The highest BCUT2D eigenvalue weighted by Crippen LogP contribution is 2.26. The molecule has 2 rings (SSSR count). The maximum atomic E-state index is 14.1. The molecule has 0 unspecified atom stereocenters. The first-order valence-corrected chi connectivity index (χ1v) is 10.9. The molecule has 0 radical (unpaired) electrons. The molecule has 31 heavy (non-hydrogen) atoms. The van der Waals surface area contributed by atoms with Crippen molar-refractivity contribution in [2.24, 2.45) is 11.7 Å². The summed E-state index contributed by atoms with van der Waals surface area (Å²) in [5.74, 6) is -1.01. The van der Waals surface area contributed by atoms with Crippen molar-refractivity contribution >= 4 is 17.6 Å². The van der Waals surface area contributed by atoms with Crippen molar-refractivity contribution in [1.29, 1.82) is 0 Å². The first kappa shape index (κ1) is 25.3.